The summed E-state index contributed by atoms with van der Waals surface area (Å²) in [5.74, 6) is 0.229. The molecular weight excluding hydrogens is 391 g/mol. The van der Waals surface area contributed by atoms with Crippen LogP contribution in [0.4, 0.5) is 15.8 Å². The first-order chi connectivity index (χ1) is 13.6. The lowest BCUT2D eigenvalue weighted by atomic mass is 10.1. The normalized spacial score (nSPS) is 17.4. The predicted molar refractivity (Wildman–Crippen MR) is 115 cm³/mol. The van der Waals surface area contributed by atoms with Crippen LogP contribution in [0.25, 0.3) is 0 Å². The molecule has 0 aliphatic carbocycles. The van der Waals surface area contributed by atoms with Crippen LogP contribution < -0.4 is 15.5 Å². The van der Waals surface area contributed by atoms with Gasteiger partial charge in [-0.05, 0) is 36.2 Å². The van der Waals surface area contributed by atoms with Gasteiger partial charge in [-0.1, -0.05) is 37.8 Å². The Morgan fingerprint density at radius 1 is 1.34 bits per heavy atom. The van der Waals surface area contributed by atoms with E-state index in [1.165, 1.54) is 13.0 Å². The number of nitrogens with two attached hydrogens (primary N) is 1. The quantitative estimate of drug-likeness (QED) is 0.715. The number of sulfonamides is 1. The van der Waals surface area contributed by atoms with Crippen LogP contribution in [0, 0.1) is 5.92 Å². The number of nitrogens with zero attached hydrogens (tertiary/aromatic N) is 2. The Hall–Kier alpha value is -2.71. The van der Waals surface area contributed by atoms with Gasteiger partial charge in [-0.2, -0.15) is 5.10 Å². The molecule has 0 spiro atoms. The number of primary sulfonamides is 1. The molecule has 2 aromatic carbocycles. The first-order valence-electron chi connectivity index (χ1n) is 9.29. The number of alkyl halides is 1. The fraction of sp³-hybridized carbons (Fsp3) is 0.286. The van der Waals surface area contributed by atoms with Crippen LogP contribution in [0.15, 0.2) is 64.7 Å². The summed E-state index contributed by atoms with van der Waals surface area (Å²) in [7, 11) is -3.94. The van der Waals surface area contributed by atoms with E-state index in [9.17, 15) is 12.8 Å². The van der Waals surface area contributed by atoms with Gasteiger partial charge in [0.1, 0.15) is 11.1 Å². The topological polar surface area (TPSA) is 87.8 Å². The summed E-state index contributed by atoms with van der Waals surface area (Å²) in [5, 5.41) is 14.4. The van der Waals surface area contributed by atoms with Crippen molar-refractivity contribution in [3.8, 4) is 0 Å². The van der Waals surface area contributed by atoms with Gasteiger partial charge in [0.2, 0.25) is 10.0 Å². The maximum atomic E-state index is 13.3. The van der Waals surface area contributed by atoms with E-state index in [0.29, 0.717) is 35.6 Å². The largest absolute Gasteiger partial charge is 0.359 e. The zero-order valence-corrected chi connectivity index (χ0v) is 17.3. The Balaban J connectivity index is 1.77. The Morgan fingerprint density at radius 2 is 2.03 bits per heavy atom. The van der Waals surface area contributed by atoms with Gasteiger partial charge in [-0.25, -0.2) is 17.9 Å². The molecule has 1 heterocycles. The zero-order valence-electron chi connectivity index (χ0n) is 16.5. The van der Waals surface area contributed by atoms with Crippen LogP contribution >= 0.6 is 0 Å². The van der Waals surface area contributed by atoms with E-state index in [0.717, 1.165) is 5.56 Å². The predicted octanol–water partition coefficient (Wildman–Crippen LogP) is 3.97. The maximum Gasteiger partial charge on any atom is 0.240 e. The molecule has 2 unspecified atom stereocenters. The van der Waals surface area contributed by atoms with E-state index < -0.39 is 16.2 Å². The van der Waals surface area contributed by atoms with Gasteiger partial charge < -0.3 is 5.32 Å². The van der Waals surface area contributed by atoms with Crippen molar-refractivity contribution in [1.82, 2.24) is 0 Å². The fourth-order valence-corrected chi connectivity index (χ4v) is 3.91. The third-order valence-electron chi connectivity index (χ3n) is 4.64. The van der Waals surface area contributed by atoms with Crippen LogP contribution in [-0.4, -0.2) is 21.2 Å². The Kier molecular flexibility index (Phi) is 6.04. The van der Waals surface area contributed by atoms with E-state index in [1.54, 1.807) is 35.5 Å². The van der Waals surface area contributed by atoms with E-state index in [2.05, 4.69) is 17.0 Å². The third-order valence-corrected chi connectivity index (χ3v) is 5.58. The standard InChI is InChI=1S/C21H25FN4O2S/c1-14-12-24-26(13-14)20-9-8-19(11-21(20)29(23,27)28)25-15(2)10-17-4-6-18(7-5-17)16(3)22/h4-9,11-12,14,16,25H,2,10,13H2,1,3H3,(H2,23,27,28). The summed E-state index contributed by atoms with van der Waals surface area (Å²) < 4.78 is 37.6. The van der Waals surface area contributed by atoms with Crippen molar-refractivity contribution in [1.29, 1.82) is 0 Å². The van der Waals surface area contributed by atoms with Gasteiger partial charge in [0, 0.05) is 36.5 Å². The molecule has 0 saturated carbocycles. The number of allylic oxidation sites excluding steroid dienone is 1. The lowest BCUT2D eigenvalue weighted by molar-refractivity contribution is 0.374. The molecule has 1 aliphatic heterocycles. The molecule has 0 radical (unpaired) electrons. The molecule has 154 valence electrons. The maximum absolute atomic E-state index is 13.3. The van der Waals surface area contributed by atoms with E-state index in [1.807, 2.05) is 19.1 Å². The molecule has 29 heavy (non-hydrogen) atoms. The number of benzene rings is 2. The Bertz CT molecular complexity index is 1030. The molecule has 2 aromatic rings. The number of nitrogens with one attached hydrogen (secondary N) is 1. The van der Waals surface area contributed by atoms with Crippen molar-refractivity contribution >= 4 is 27.6 Å². The van der Waals surface area contributed by atoms with Gasteiger partial charge in [0.15, 0.2) is 0 Å². The minimum atomic E-state index is -3.94. The number of halogens is 1. The minimum absolute atomic E-state index is 0.00263. The minimum Gasteiger partial charge on any atom is -0.359 e. The van der Waals surface area contributed by atoms with Gasteiger partial charge in [-0.3, -0.25) is 5.01 Å². The average molecular weight is 417 g/mol. The van der Waals surface area contributed by atoms with E-state index in [4.69, 9.17) is 5.14 Å². The summed E-state index contributed by atoms with van der Waals surface area (Å²) in [6.45, 7) is 8.09. The molecule has 0 bridgehead atoms. The van der Waals surface area contributed by atoms with Crippen molar-refractivity contribution in [3.63, 3.8) is 0 Å². The van der Waals surface area contributed by atoms with Crippen molar-refractivity contribution in [2.45, 2.75) is 31.3 Å². The Morgan fingerprint density at radius 3 is 2.59 bits per heavy atom. The first kappa shape index (κ1) is 21.0. The lowest BCUT2D eigenvalue weighted by Gasteiger charge is -2.19. The van der Waals surface area contributed by atoms with Gasteiger partial charge >= 0.3 is 0 Å². The molecule has 0 saturated heterocycles. The number of hydrogen-bond acceptors (Lipinski definition) is 5. The second-order valence-electron chi connectivity index (χ2n) is 7.31. The molecule has 1 aliphatic rings. The summed E-state index contributed by atoms with van der Waals surface area (Å²) in [5.41, 5.74) is 3.27. The van der Waals surface area contributed by atoms with Crippen LogP contribution in [0.1, 0.15) is 31.1 Å². The van der Waals surface area contributed by atoms with Crippen molar-refractivity contribution in [2.24, 2.45) is 16.2 Å². The van der Waals surface area contributed by atoms with Crippen molar-refractivity contribution in [2.75, 3.05) is 16.9 Å². The van der Waals surface area contributed by atoms with E-state index in [-0.39, 0.29) is 10.8 Å². The highest BCUT2D eigenvalue weighted by atomic mass is 32.2. The monoisotopic (exact) mass is 416 g/mol. The van der Waals surface area contributed by atoms with Crippen LogP contribution in [0.2, 0.25) is 0 Å². The fourth-order valence-electron chi connectivity index (χ4n) is 3.15. The van der Waals surface area contributed by atoms with Crippen molar-refractivity contribution < 1.29 is 12.8 Å². The van der Waals surface area contributed by atoms with E-state index >= 15 is 0 Å². The molecule has 8 heteroatoms. The molecule has 0 amide bonds. The zero-order chi connectivity index (χ0) is 21.2. The second-order valence-corrected chi connectivity index (χ2v) is 8.84. The number of hydrazone groups is 1. The summed E-state index contributed by atoms with van der Waals surface area (Å²) in [4.78, 5) is 0.00263. The van der Waals surface area contributed by atoms with Crippen molar-refractivity contribution in [3.05, 3.63) is 65.9 Å². The van der Waals surface area contributed by atoms with Crippen LogP contribution in [0.3, 0.4) is 0 Å². The van der Waals surface area contributed by atoms with Gasteiger partial charge in [0.25, 0.3) is 0 Å². The summed E-state index contributed by atoms with van der Waals surface area (Å²) in [6.07, 6.45) is 1.28. The lowest BCUT2D eigenvalue weighted by Crippen LogP contribution is -2.21. The average Bonchev–Trinajstić information content (AvgIpc) is 3.07. The van der Waals surface area contributed by atoms with Gasteiger partial charge in [-0.15, -0.1) is 0 Å². The van der Waals surface area contributed by atoms with Crippen LogP contribution in [-0.2, 0) is 16.4 Å². The van der Waals surface area contributed by atoms with Gasteiger partial charge in [0.05, 0.1) is 5.69 Å². The first-order valence-corrected chi connectivity index (χ1v) is 10.8. The molecule has 0 aromatic heterocycles. The molecule has 3 rings (SSSR count). The number of rotatable bonds is 7. The third kappa shape index (κ3) is 5.21. The highest BCUT2D eigenvalue weighted by Crippen LogP contribution is 2.30. The highest BCUT2D eigenvalue weighted by Gasteiger charge is 2.23. The number of hydrogen-bond donors (Lipinski definition) is 2. The molecule has 3 N–H and O–H groups in total. The molecule has 0 fully saturated rings. The smallest absolute Gasteiger partial charge is 0.240 e. The SMILES string of the molecule is C=C(Cc1ccc(C(C)F)cc1)Nc1ccc(N2CC(C)C=N2)c(S(N)(=O)=O)c1. The second kappa shape index (κ2) is 8.34. The highest BCUT2D eigenvalue weighted by molar-refractivity contribution is 7.89. The number of anilines is 2. The molecule has 6 nitrogen and oxygen atoms in total. The molecule has 2 atom stereocenters. The summed E-state index contributed by atoms with van der Waals surface area (Å²) >= 11 is 0. The summed E-state index contributed by atoms with van der Waals surface area (Å²) in [6, 6.07) is 12.1. The van der Waals surface area contributed by atoms with Crippen LogP contribution in [0.5, 0.6) is 0 Å². The Labute approximate surface area is 171 Å². The molecular formula is C21H25FN4O2S.